The van der Waals surface area contributed by atoms with Gasteiger partial charge in [0.25, 0.3) is 16.8 Å². The minimum absolute atomic E-state index is 0.00212. The SMILES string of the molecule is CC[C@@H](C)OC(=O)CN1C(=O)S/C(=C/c2cccn2Cc2ccccc2[N+](=O)[O-])C1=O. The van der Waals surface area contributed by atoms with Gasteiger partial charge < -0.3 is 9.30 Å². The summed E-state index contributed by atoms with van der Waals surface area (Å²) in [5.41, 5.74) is 1.12. The predicted molar refractivity (Wildman–Crippen MR) is 115 cm³/mol. The Labute approximate surface area is 182 Å². The molecule has 10 heteroatoms. The minimum Gasteiger partial charge on any atom is -0.461 e. The number of benzene rings is 1. The van der Waals surface area contributed by atoms with Crippen molar-refractivity contribution in [2.24, 2.45) is 0 Å². The Morgan fingerprint density at radius 2 is 2.00 bits per heavy atom. The van der Waals surface area contributed by atoms with Crippen LogP contribution >= 0.6 is 11.8 Å². The van der Waals surface area contributed by atoms with Gasteiger partial charge in [-0.15, -0.1) is 0 Å². The van der Waals surface area contributed by atoms with E-state index in [1.165, 1.54) is 6.07 Å². The van der Waals surface area contributed by atoms with E-state index in [1.807, 2.05) is 6.92 Å². The number of hydrogen-bond acceptors (Lipinski definition) is 7. The quantitative estimate of drug-likeness (QED) is 0.264. The van der Waals surface area contributed by atoms with E-state index >= 15 is 0 Å². The van der Waals surface area contributed by atoms with Crippen molar-refractivity contribution in [3.05, 3.63) is 68.9 Å². The second-order valence-corrected chi connectivity index (χ2v) is 7.92. The second-order valence-electron chi connectivity index (χ2n) is 6.92. The molecule has 1 atom stereocenters. The fraction of sp³-hybridized carbons (Fsp3) is 0.286. The molecule has 1 fully saturated rings. The highest BCUT2D eigenvalue weighted by atomic mass is 32.2. The second kappa shape index (κ2) is 9.61. The van der Waals surface area contributed by atoms with Crippen molar-refractivity contribution in [3.63, 3.8) is 0 Å². The van der Waals surface area contributed by atoms with Gasteiger partial charge in [0, 0.05) is 23.5 Å². The van der Waals surface area contributed by atoms with Crippen LogP contribution in [0.5, 0.6) is 0 Å². The lowest BCUT2D eigenvalue weighted by Gasteiger charge is -2.14. The molecule has 1 aliphatic heterocycles. The monoisotopic (exact) mass is 443 g/mol. The van der Waals surface area contributed by atoms with Gasteiger partial charge in [0.15, 0.2) is 0 Å². The van der Waals surface area contributed by atoms with Crippen LogP contribution in [0.15, 0.2) is 47.5 Å². The first kappa shape index (κ1) is 22.3. The lowest BCUT2D eigenvalue weighted by Crippen LogP contribution is -2.35. The molecule has 3 rings (SSSR count). The average Bonchev–Trinajstić information content (AvgIpc) is 3.27. The summed E-state index contributed by atoms with van der Waals surface area (Å²) in [4.78, 5) is 48.7. The number of esters is 1. The van der Waals surface area contributed by atoms with Gasteiger partial charge in [0.2, 0.25) is 0 Å². The van der Waals surface area contributed by atoms with Crippen molar-refractivity contribution >= 4 is 40.6 Å². The first-order chi connectivity index (χ1) is 14.8. The lowest BCUT2D eigenvalue weighted by atomic mass is 10.2. The average molecular weight is 443 g/mol. The number of nitro groups is 1. The molecule has 0 spiro atoms. The summed E-state index contributed by atoms with van der Waals surface area (Å²) >= 11 is 0.739. The molecule has 9 nitrogen and oxygen atoms in total. The third-order valence-electron chi connectivity index (χ3n) is 4.74. The topological polar surface area (TPSA) is 112 Å². The standard InChI is InChI=1S/C21H21N3O6S/c1-3-14(2)30-19(25)13-23-20(26)18(31-21(23)27)11-16-8-6-10-22(16)12-15-7-4-5-9-17(15)24(28)29/h4-11,14H,3,12-13H2,1-2H3/b18-11+/t14-/m1/s1. The number of ether oxygens (including phenoxy) is 1. The van der Waals surface area contributed by atoms with Gasteiger partial charge in [0.05, 0.1) is 22.5 Å². The summed E-state index contributed by atoms with van der Waals surface area (Å²) in [6.07, 6.45) is 3.60. The number of carbonyl (C=O) groups is 3. The van der Waals surface area contributed by atoms with E-state index < -0.39 is 28.6 Å². The molecule has 1 aromatic carbocycles. The third kappa shape index (κ3) is 5.21. The molecule has 0 N–H and O–H groups in total. The molecule has 2 amide bonds. The van der Waals surface area contributed by atoms with Crippen molar-refractivity contribution in [2.45, 2.75) is 32.9 Å². The van der Waals surface area contributed by atoms with Crippen LogP contribution in [0.25, 0.3) is 6.08 Å². The number of imide groups is 1. The van der Waals surface area contributed by atoms with Crippen molar-refractivity contribution in [3.8, 4) is 0 Å². The fourth-order valence-corrected chi connectivity index (χ4v) is 3.78. The van der Waals surface area contributed by atoms with Crippen LogP contribution in [0.3, 0.4) is 0 Å². The van der Waals surface area contributed by atoms with E-state index in [1.54, 1.807) is 54.1 Å². The zero-order chi connectivity index (χ0) is 22.5. The maximum atomic E-state index is 12.7. The summed E-state index contributed by atoms with van der Waals surface area (Å²) in [6.45, 7) is 3.38. The van der Waals surface area contributed by atoms with Crippen LogP contribution in [0, 0.1) is 10.1 Å². The minimum atomic E-state index is -0.641. The zero-order valence-corrected chi connectivity index (χ0v) is 17.8. The largest absolute Gasteiger partial charge is 0.461 e. The molecule has 162 valence electrons. The number of carbonyl (C=O) groups excluding carboxylic acids is 3. The Morgan fingerprint density at radius 3 is 2.71 bits per heavy atom. The van der Waals surface area contributed by atoms with Crippen LogP contribution in [-0.4, -0.2) is 44.2 Å². The number of para-hydroxylation sites is 1. The Kier molecular flexibility index (Phi) is 6.91. The van der Waals surface area contributed by atoms with Crippen LogP contribution < -0.4 is 0 Å². The number of rotatable bonds is 8. The maximum Gasteiger partial charge on any atom is 0.326 e. The van der Waals surface area contributed by atoms with Crippen molar-refractivity contribution < 1.29 is 24.0 Å². The van der Waals surface area contributed by atoms with Crippen molar-refractivity contribution in [1.82, 2.24) is 9.47 Å². The van der Waals surface area contributed by atoms with E-state index in [0.29, 0.717) is 17.7 Å². The number of nitro benzene ring substituents is 1. The van der Waals surface area contributed by atoms with Crippen LogP contribution in [-0.2, 0) is 20.9 Å². The van der Waals surface area contributed by atoms with Gasteiger partial charge in [-0.1, -0.05) is 25.1 Å². The van der Waals surface area contributed by atoms with E-state index in [0.717, 1.165) is 16.7 Å². The van der Waals surface area contributed by atoms with Crippen molar-refractivity contribution in [2.75, 3.05) is 6.54 Å². The number of thioether (sulfide) groups is 1. The Bertz CT molecular complexity index is 1060. The molecular formula is C21H21N3O6S. The molecule has 1 saturated heterocycles. The zero-order valence-electron chi connectivity index (χ0n) is 17.0. The number of aromatic nitrogens is 1. The molecule has 0 radical (unpaired) electrons. The van der Waals surface area contributed by atoms with Crippen LogP contribution in [0.1, 0.15) is 31.5 Å². The molecule has 1 aliphatic rings. The molecule has 0 saturated carbocycles. The van der Waals surface area contributed by atoms with E-state index in [4.69, 9.17) is 4.74 Å². The Balaban J connectivity index is 1.77. The normalized spacial score (nSPS) is 16.1. The highest BCUT2D eigenvalue weighted by Gasteiger charge is 2.37. The molecule has 31 heavy (non-hydrogen) atoms. The third-order valence-corrected chi connectivity index (χ3v) is 5.65. The Morgan fingerprint density at radius 1 is 1.26 bits per heavy atom. The smallest absolute Gasteiger partial charge is 0.326 e. The lowest BCUT2D eigenvalue weighted by molar-refractivity contribution is -0.385. The summed E-state index contributed by atoms with van der Waals surface area (Å²) in [5, 5.41) is 10.7. The molecule has 0 bridgehead atoms. The highest BCUT2D eigenvalue weighted by molar-refractivity contribution is 8.18. The van der Waals surface area contributed by atoms with Crippen molar-refractivity contribution in [1.29, 1.82) is 0 Å². The summed E-state index contributed by atoms with van der Waals surface area (Å²) in [7, 11) is 0. The van der Waals surface area contributed by atoms with Gasteiger partial charge >= 0.3 is 5.97 Å². The fourth-order valence-electron chi connectivity index (χ4n) is 2.95. The Hall–Kier alpha value is -3.40. The van der Waals surface area contributed by atoms with E-state index in [9.17, 15) is 24.5 Å². The number of amides is 2. The summed E-state index contributed by atoms with van der Waals surface area (Å²) < 4.78 is 6.89. The van der Waals surface area contributed by atoms with Gasteiger partial charge in [0.1, 0.15) is 6.54 Å². The summed E-state index contributed by atoms with van der Waals surface area (Å²) in [6, 6.07) is 9.89. The molecular weight excluding hydrogens is 422 g/mol. The van der Waals surface area contributed by atoms with Crippen LogP contribution in [0.2, 0.25) is 0 Å². The summed E-state index contributed by atoms with van der Waals surface area (Å²) in [5.74, 6) is -1.22. The highest BCUT2D eigenvalue weighted by Crippen LogP contribution is 2.32. The number of hydrogen-bond donors (Lipinski definition) is 0. The van der Waals surface area contributed by atoms with Gasteiger partial charge in [-0.3, -0.25) is 29.4 Å². The maximum absolute atomic E-state index is 12.7. The number of nitrogens with zero attached hydrogens (tertiary/aromatic N) is 3. The first-order valence-electron chi connectivity index (χ1n) is 9.62. The van der Waals surface area contributed by atoms with Gasteiger partial charge in [-0.2, -0.15) is 0 Å². The molecule has 2 heterocycles. The van der Waals surface area contributed by atoms with Gasteiger partial charge in [-0.25, -0.2) is 0 Å². The predicted octanol–water partition coefficient (Wildman–Crippen LogP) is 3.82. The molecule has 0 aliphatic carbocycles. The van der Waals surface area contributed by atoms with Crippen LogP contribution in [0.4, 0.5) is 10.5 Å². The molecule has 2 aromatic rings. The molecule has 0 unspecified atom stereocenters. The van der Waals surface area contributed by atoms with Gasteiger partial charge in [-0.05, 0) is 43.3 Å². The van der Waals surface area contributed by atoms with E-state index in [-0.39, 0.29) is 23.2 Å². The molecule has 1 aromatic heterocycles. The van der Waals surface area contributed by atoms with E-state index in [2.05, 4.69) is 0 Å². The first-order valence-corrected chi connectivity index (χ1v) is 10.4.